The van der Waals surface area contributed by atoms with Crippen LogP contribution in [0.2, 0.25) is 0 Å². The van der Waals surface area contributed by atoms with Crippen LogP contribution in [-0.4, -0.2) is 19.3 Å². The lowest BCUT2D eigenvalue weighted by Crippen LogP contribution is -2.22. The Labute approximate surface area is 123 Å². The minimum absolute atomic E-state index is 0.189. The molecule has 0 aliphatic carbocycles. The van der Waals surface area contributed by atoms with Crippen molar-refractivity contribution in [1.82, 2.24) is 5.32 Å². The van der Waals surface area contributed by atoms with Crippen LogP contribution in [0.1, 0.15) is 31.9 Å². The lowest BCUT2D eigenvalue weighted by molar-refractivity contribution is -0.276. The van der Waals surface area contributed by atoms with Crippen molar-refractivity contribution >= 4 is 0 Å². The van der Waals surface area contributed by atoms with Gasteiger partial charge in [0.15, 0.2) is 0 Å². The second-order valence-electron chi connectivity index (χ2n) is 4.51. The van der Waals surface area contributed by atoms with Crippen molar-refractivity contribution in [3.05, 3.63) is 23.8 Å². The van der Waals surface area contributed by atoms with Gasteiger partial charge in [0.2, 0.25) is 0 Å². The fourth-order valence-corrected chi connectivity index (χ4v) is 1.71. The van der Waals surface area contributed by atoms with Crippen molar-refractivity contribution in [1.29, 1.82) is 0 Å². The molecule has 1 aromatic carbocycles. The fraction of sp³-hybridized carbons (Fsp3) is 0.538. The Bertz CT molecular complexity index is 452. The van der Waals surface area contributed by atoms with Crippen molar-refractivity contribution in [2.75, 3.05) is 6.54 Å². The summed E-state index contributed by atoms with van der Waals surface area (Å²) < 4.78 is 80.8. The van der Waals surface area contributed by atoms with Gasteiger partial charge in [-0.15, -0.1) is 26.3 Å². The molecule has 0 aliphatic heterocycles. The molecule has 0 aliphatic rings. The average Bonchev–Trinajstić information content (AvgIpc) is 2.31. The lowest BCUT2D eigenvalue weighted by Gasteiger charge is -2.18. The summed E-state index contributed by atoms with van der Waals surface area (Å²) in [4.78, 5) is 0. The van der Waals surface area contributed by atoms with Gasteiger partial charge in [-0.1, -0.05) is 6.92 Å². The average molecular weight is 331 g/mol. The molecule has 0 aromatic heterocycles. The van der Waals surface area contributed by atoms with Gasteiger partial charge < -0.3 is 14.8 Å². The smallest absolute Gasteiger partial charge is 0.406 e. The van der Waals surface area contributed by atoms with E-state index in [2.05, 4.69) is 14.8 Å². The second kappa shape index (κ2) is 7.08. The molecular formula is C13H15F6NO2. The SMILES string of the molecule is CCCN[C@H](C)c1cc(OC(F)(F)F)cc(OC(F)(F)F)c1. The van der Waals surface area contributed by atoms with E-state index in [1.807, 2.05) is 6.92 Å². The van der Waals surface area contributed by atoms with Gasteiger partial charge in [-0.05, 0) is 37.6 Å². The monoisotopic (exact) mass is 331 g/mol. The summed E-state index contributed by atoms with van der Waals surface area (Å²) in [5.74, 6) is -1.54. The highest BCUT2D eigenvalue weighted by Crippen LogP contribution is 2.33. The number of hydrogen-bond donors (Lipinski definition) is 1. The van der Waals surface area contributed by atoms with E-state index in [4.69, 9.17) is 0 Å². The molecule has 0 radical (unpaired) electrons. The fourth-order valence-electron chi connectivity index (χ4n) is 1.71. The highest BCUT2D eigenvalue weighted by atomic mass is 19.4. The van der Waals surface area contributed by atoms with Gasteiger partial charge in [-0.3, -0.25) is 0 Å². The Hall–Kier alpha value is -1.64. The van der Waals surface area contributed by atoms with E-state index in [0.717, 1.165) is 18.6 Å². The van der Waals surface area contributed by atoms with Crippen LogP contribution in [0.4, 0.5) is 26.3 Å². The zero-order valence-corrected chi connectivity index (χ0v) is 11.8. The molecule has 1 rings (SSSR count). The molecule has 0 unspecified atom stereocenters. The van der Waals surface area contributed by atoms with Crippen molar-refractivity contribution in [2.24, 2.45) is 0 Å². The lowest BCUT2D eigenvalue weighted by atomic mass is 10.1. The maximum Gasteiger partial charge on any atom is 0.573 e. The molecule has 9 heteroatoms. The first-order chi connectivity index (χ1) is 10.00. The second-order valence-corrected chi connectivity index (χ2v) is 4.51. The van der Waals surface area contributed by atoms with Gasteiger partial charge in [0.05, 0.1) is 0 Å². The van der Waals surface area contributed by atoms with Crippen molar-refractivity contribution in [3.63, 3.8) is 0 Å². The van der Waals surface area contributed by atoms with Crippen molar-refractivity contribution in [2.45, 2.75) is 39.0 Å². The molecule has 0 saturated heterocycles. The number of hydrogen-bond acceptors (Lipinski definition) is 3. The topological polar surface area (TPSA) is 30.5 Å². The number of benzene rings is 1. The van der Waals surface area contributed by atoms with Gasteiger partial charge >= 0.3 is 12.7 Å². The zero-order chi connectivity index (χ0) is 17.0. The summed E-state index contributed by atoms with van der Waals surface area (Å²) in [6.45, 7) is 4.04. The minimum atomic E-state index is -5.01. The molecule has 1 atom stereocenters. The molecular weight excluding hydrogens is 316 g/mol. The van der Waals surface area contributed by atoms with Crippen molar-refractivity contribution in [3.8, 4) is 11.5 Å². The van der Waals surface area contributed by atoms with Gasteiger partial charge in [0.1, 0.15) is 11.5 Å². The van der Waals surface area contributed by atoms with Gasteiger partial charge in [-0.2, -0.15) is 0 Å². The number of ether oxygens (including phenoxy) is 2. The molecule has 0 saturated carbocycles. The Morgan fingerprint density at radius 1 is 0.955 bits per heavy atom. The molecule has 1 N–H and O–H groups in total. The first-order valence-corrected chi connectivity index (χ1v) is 6.40. The van der Waals surface area contributed by atoms with Crippen molar-refractivity contribution < 1.29 is 35.8 Å². The van der Waals surface area contributed by atoms with E-state index < -0.39 is 30.3 Å². The summed E-state index contributed by atoms with van der Waals surface area (Å²) in [5, 5.41) is 2.96. The van der Waals surface area contributed by atoms with Crippen LogP contribution in [0, 0.1) is 0 Å². The van der Waals surface area contributed by atoms with Gasteiger partial charge in [0, 0.05) is 12.1 Å². The van der Waals surface area contributed by atoms with Gasteiger partial charge in [0.25, 0.3) is 0 Å². The van der Waals surface area contributed by atoms with Crippen LogP contribution in [0.5, 0.6) is 11.5 Å². The predicted molar refractivity (Wildman–Crippen MR) is 66.5 cm³/mol. The Morgan fingerprint density at radius 2 is 1.41 bits per heavy atom. The molecule has 0 bridgehead atoms. The Kier molecular flexibility index (Phi) is 5.92. The van der Waals surface area contributed by atoms with Crippen LogP contribution < -0.4 is 14.8 Å². The molecule has 0 fully saturated rings. The third-order valence-electron chi connectivity index (χ3n) is 2.57. The molecule has 0 spiro atoms. The maximum atomic E-state index is 12.2. The van der Waals surface area contributed by atoms with Crippen LogP contribution in [0.15, 0.2) is 18.2 Å². The third kappa shape index (κ3) is 6.88. The van der Waals surface area contributed by atoms with Gasteiger partial charge in [-0.25, -0.2) is 0 Å². The van der Waals surface area contributed by atoms with E-state index in [1.165, 1.54) is 0 Å². The van der Waals surface area contributed by atoms with Crippen LogP contribution in [-0.2, 0) is 0 Å². The van der Waals surface area contributed by atoms with E-state index in [1.54, 1.807) is 6.92 Å². The van der Waals surface area contributed by atoms with Crippen LogP contribution in [0.3, 0.4) is 0 Å². The quantitative estimate of drug-likeness (QED) is 0.776. The molecule has 22 heavy (non-hydrogen) atoms. The summed E-state index contributed by atoms with van der Waals surface area (Å²) in [7, 11) is 0. The molecule has 1 aromatic rings. The van der Waals surface area contributed by atoms with Crippen LogP contribution >= 0.6 is 0 Å². The predicted octanol–water partition coefficient (Wildman–Crippen LogP) is 4.54. The normalized spacial score (nSPS) is 13.8. The van der Waals surface area contributed by atoms with E-state index in [-0.39, 0.29) is 5.56 Å². The number of rotatable bonds is 6. The minimum Gasteiger partial charge on any atom is -0.406 e. The van der Waals surface area contributed by atoms with E-state index >= 15 is 0 Å². The first-order valence-electron chi connectivity index (χ1n) is 6.40. The maximum absolute atomic E-state index is 12.2. The largest absolute Gasteiger partial charge is 0.573 e. The van der Waals surface area contributed by atoms with E-state index in [0.29, 0.717) is 12.6 Å². The summed E-state index contributed by atoms with van der Waals surface area (Å²) in [5.41, 5.74) is 0.189. The molecule has 0 amide bonds. The molecule has 126 valence electrons. The van der Waals surface area contributed by atoms with Crippen LogP contribution in [0.25, 0.3) is 0 Å². The summed E-state index contributed by atoms with van der Waals surface area (Å²) in [6.07, 6.45) is -9.25. The number of nitrogens with one attached hydrogen (secondary N) is 1. The highest BCUT2D eigenvalue weighted by Gasteiger charge is 2.34. The first kappa shape index (κ1) is 18.4. The Morgan fingerprint density at radius 3 is 1.77 bits per heavy atom. The zero-order valence-electron chi connectivity index (χ0n) is 11.8. The molecule has 3 nitrogen and oxygen atoms in total. The third-order valence-corrected chi connectivity index (χ3v) is 2.57. The summed E-state index contributed by atoms with van der Waals surface area (Å²) >= 11 is 0. The highest BCUT2D eigenvalue weighted by molar-refractivity contribution is 5.40. The van der Waals surface area contributed by atoms with E-state index in [9.17, 15) is 26.3 Å². The number of alkyl halides is 6. The number of halogens is 6. The summed E-state index contributed by atoms with van der Waals surface area (Å²) in [6, 6.07) is 2.11. The Balaban J connectivity index is 3.08. The molecule has 0 heterocycles. The standard InChI is InChI=1S/C13H15F6NO2/c1-3-4-20-8(2)9-5-10(21-12(14,15)16)7-11(6-9)22-13(17,18)19/h5-8,20H,3-4H2,1-2H3/t8-/m1/s1.